The zero-order valence-electron chi connectivity index (χ0n) is 10.2. The van der Waals surface area contributed by atoms with E-state index in [-0.39, 0.29) is 31.8 Å². The van der Waals surface area contributed by atoms with E-state index in [9.17, 15) is 0 Å². The van der Waals surface area contributed by atoms with E-state index in [0.29, 0.717) is 23.7 Å². The highest BCUT2D eigenvalue weighted by molar-refractivity contribution is 5.85. The molecule has 102 valence electrons. The molecule has 1 heterocycles. The lowest BCUT2D eigenvalue weighted by Crippen LogP contribution is -2.11. The Morgan fingerprint density at radius 3 is 2.89 bits per heavy atom. The van der Waals surface area contributed by atoms with Crippen LogP contribution in [-0.2, 0) is 0 Å². The minimum atomic E-state index is -0.134. The molecule has 0 unspecified atom stereocenters. The largest absolute Gasteiger partial charge is 0.493 e. The normalized spacial score (nSPS) is 13.9. The van der Waals surface area contributed by atoms with Crippen LogP contribution in [0.1, 0.15) is 24.4 Å². The maximum atomic E-state index is 8.79. The summed E-state index contributed by atoms with van der Waals surface area (Å²) in [5, 5.41) is 8.79. The number of ether oxygens (including phenoxy) is 3. The minimum Gasteiger partial charge on any atom is -0.493 e. The Bertz CT molecular complexity index is 400. The zero-order chi connectivity index (χ0) is 12.3. The molecule has 0 aromatic heterocycles. The van der Waals surface area contributed by atoms with Gasteiger partial charge in [0.1, 0.15) is 0 Å². The Morgan fingerprint density at radius 2 is 2.22 bits per heavy atom. The lowest BCUT2D eigenvalue weighted by atomic mass is 10.0. The Morgan fingerprint density at radius 1 is 1.44 bits per heavy atom. The molecule has 0 bridgehead atoms. The van der Waals surface area contributed by atoms with E-state index in [1.165, 1.54) is 0 Å². The molecule has 0 spiro atoms. The van der Waals surface area contributed by atoms with Gasteiger partial charge < -0.3 is 25.1 Å². The average molecular weight is 276 g/mol. The van der Waals surface area contributed by atoms with Crippen molar-refractivity contribution in [2.24, 2.45) is 5.73 Å². The number of benzene rings is 1. The van der Waals surface area contributed by atoms with Crippen LogP contribution in [0.25, 0.3) is 0 Å². The van der Waals surface area contributed by atoms with E-state index < -0.39 is 0 Å². The van der Waals surface area contributed by atoms with Crippen molar-refractivity contribution < 1.29 is 19.3 Å². The molecule has 1 aliphatic heterocycles. The van der Waals surface area contributed by atoms with Crippen LogP contribution in [-0.4, -0.2) is 25.6 Å². The van der Waals surface area contributed by atoms with Gasteiger partial charge in [0.05, 0.1) is 7.11 Å². The molecule has 1 aliphatic rings. The number of hydrogen-bond donors (Lipinski definition) is 2. The molecule has 18 heavy (non-hydrogen) atoms. The third-order valence-corrected chi connectivity index (χ3v) is 2.78. The molecule has 0 saturated carbocycles. The SMILES string of the molecule is COc1cc([C@H](N)CCCO)cc2c1OCO2.Cl. The molecule has 6 heteroatoms. The van der Waals surface area contributed by atoms with Crippen molar-refractivity contribution in [3.05, 3.63) is 17.7 Å². The van der Waals surface area contributed by atoms with Gasteiger partial charge in [0.25, 0.3) is 0 Å². The zero-order valence-corrected chi connectivity index (χ0v) is 11.0. The molecule has 5 nitrogen and oxygen atoms in total. The molecule has 1 aromatic carbocycles. The summed E-state index contributed by atoms with van der Waals surface area (Å²) >= 11 is 0. The molecule has 0 fully saturated rings. The summed E-state index contributed by atoms with van der Waals surface area (Å²) in [5.74, 6) is 1.93. The summed E-state index contributed by atoms with van der Waals surface area (Å²) in [7, 11) is 1.58. The molecule has 0 radical (unpaired) electrons. The number of aliphatic hydroxyl groups is 1. The van der Waals surface area contributed by atoms with Gasteiger partial charge in [0.15, 0.2) is 11.5 Å². The highest BCUT2D eigenvalue weighted by Crippen LogP contribution is 2.43. The highest BCUT2D eigenvalue weighted by atomic mass is 35.5. The highest BCUT2D eigenvalue weighted by Gasteiger charge is 2.21. The number of fused-ring (bicyclic) bond motifs is 1. The minimum absolute atomic E-state index is 0. The van der Waals surface area contributed by atoms with Gasteiger partial charge in [0.2, 0.25) is 12.5 Å². The first-order valence-corrected chi connectivity index (χ1v) is 5.60. The summed E-state index contributed by atoms with van der Waals surface area (Å²) in [4.78, 5) is 0. The molecule has 3 N–H and O–H groups in total. The first-order valence-electron chi connectivity index (χ1n) is 5.60. The maximum absolute atomic E-state index is 8.79. The molecule has 0 saturated heterocycles. The number of methoxy groups -OCH3 is 1. The van der Waals surface area contributed by atoms with E-state index in [2.05, 4.69) is 0 Å². The predicted molar refractivity (Wildman–Crippen MR) is 69.6 cm³/mol. The molecular weight excluding hydrogens is 258 g/mol. The van der Waals surface area contributed by atoms with Gasteiger partial charge in [-0.05, 0) is 30.5 Å². The van der Waals surface area contributed by atoms with Crippen LogP contribution in [0.3, 0.4) is 0 Å². The molecule has 2 rings (SSSR count). The quantitative estimate of drug-likeness (QED) is 0.854. The van der Waals surface area contributed by atoms with Crippen LogP contribution in [0, 0.1) is 0 Å². The summed E-state index contributed by atoms with van der Waals surface area (Å²) in [5.41, 5.74) is 6.97. The molecular formula is C12H18ClNO4. The second kappa shape index (κ2) is 6.68. The first kappa shape index (κ1) is 14.9. The fraction of sp³-hybridized carbons (Fsp3) is 0.500. The van der Waals surface area contributed by atoms with Gasteiger partial charge in [-0.1, -0.05) is 0 Å². The molecule has 1 aromatic rings. The van der Waals surface area contributed by atoms with Gasteiger partial charge in [-0.25, -0.2) is 0 Å². The van der Waals surface area contributed by atoms with Crippen LogP contribution in [0.2, 0.25) is 0 Å². The first-order chi connectivity index (χ1) is 8.26. The Balaban J connectivity index is 0.00000162. The lowest BCUT2D eigenvalue weighted by molar-refractivity contribution is 0.171. The lowest BCUT2D eigenvalue weighted by Gasteiger charge is -2.14. The number of hydrogen-bond acceptors (Lipinski definition) is 5. The number of aliphatic hydroxyl groups excluding tert-OH is 1. The second-order valence-corrected chi connectivity index (χ2v) is 3.93. The van der Waals surface area contributed by atoms with E-state index in [1.807, 2.05) is 12.1 Å². The van der Waals surface area contributed by atoms with Gasteiger partial charge >= 0.3 is 0 Å². The van der Waals surface area contributed by atoms with E-state index in [1.54, 1.807) is 7.11 Å². The van der Waals surface area contributed by atoms with Crippen LogP contribution in [0.5, 0.6) is 17.2 Å². The average Bonchev–Trinajstić information content (AvgIpc) is 2.82. The summed E-state index contributed by atoms with van der Waals surface area (Å²) < 4.78 is 15.9. The number of rotatable bonds is 5. The summed E-state index contributed by atoms with van der Waals surface area (Å²) in [6, 6.07) is 3.59. The van der Waals surface area contributed by atoms with Crippen molar-refractivity contribution in [3.63, 3.8) is 0 Å². The van der Waals surface area contributed by atoms with Crippen LogP contribution in [0.15, 0.2) is 12.1 Å². The van der Waals surface area contributed by atoms with E-state index in [0.717, 1.165) is 12.0 Å². The Labute approximate surface area is 112 Å². The van der Waals surface area contributed by atoms with Crippen molar-refractivity contribution in [1.29, 1.82) is 0 Å². The van der Waals surface area contributed by atoms with Crippen molar-refractivity contribution >= 4 is 12.4 Å². The van der Waals surface area contributed by atoms with Crippen molar-refractivity contribution in [1.82, 2.24) is 0 Å². The van der Waals surface area contributed by atoms with E-state index in [4.69, 9.17) is 25.1 Å². The third-order valence-electron chi connectivity index (χ3n) is 2.78. The smallest absolute Gasteiger partial charge is 0.231 e. The fourth-order valence-corrected chi connectivity index (χ4v) is 1.84. The van der Waals surface area contributed by atoms with Gasteiger partial charge in [0, 0.05) is 12.6 Å². The number of nitrogens with two attached hydrogens (primary N) is 1. The Kier molecular flexibility index (Phi) is 5.53. The Hall–Kier alpha value is -1.17. The van der Waals surface area contributed by atoms with Crippen LogP contribution in [0.4, 0.5) is 0 Å². The van der Waals surface area contributed by atoms with Gasteiger partial charge in [-0.2, -0.15) is 0 Å². The topological polar surface area (TPSA) is 73.9 Å². The molecule has 1 atom stereocenters. The van der Waals surface area contributed by atoms with Gasteiger partial charge in [-0.15, -0.1) is 12.4 Å². The molecule has 0 amide bonds. The van der Waals surface area contributed by atoms with E-state index >= 15 is 0 Å². The fourth-order valence-electron chi connectivity index (χ4n) is 1.84. The third kappa shape index (κ3) is 2.98. The number of halogens is 1. The predicted octanol–water partition coefficient (Wildman–Crippen LogP) is 1.62. The monoisotopic (exact) mass is 275 g/mol. The maximum Gasteiger partial charge on any atom is 0.231 e. The van der Waals surface area contributed by atoms with Crippen LogP contribution >= 0.6 is 12.4 Å². The van der Waals surface area contributed by atoms with Crippen molar-refractivity contribution in [2.45, 2.75) is 18.9 Å². The second-order valence-electron chi connectivity index (χ2n) is 3.93. The molecule has 0 aliphatic carbocycles. The standard InChI is InChI=1S/C12H17NO4.ClH/c1-15-10-5-8(9(13)3-2-4-14)6-11-12(10)17-7-16-11;/h5-6,9,14H,2-4,7,13H2,1H3;1H/t9-;/m1./s1. The summed E-state index contributed by atoms with van der Waals surface area (Å²) in [6.45, 7) is 0.358. The van der Waals surface area contributed by atoms with Crippen molar-refractivity contribution in [2.75, 3.05) is 20.5 Å². The van der Waals surface area contributed by atoms with Crippen LogP contribution < -0.4 is 19.9 Å². The summed E-state index contributed by atoms with van der Waals surface area (Å²) in [6.07, 6.45) is 1.40. The van der Waals surface area contributed by atoms with Gasteiger partial charge in [-0.3, -0.25) is 0 Å². The van der Waals surface area contributed by atoms with Crippen molar-refractivity contribution in [3.8, 4) is 17.2 Å².